The van der Waals surface area contributed by atoms with Gasteiger partial charge >= 0.3 is 0 Å². The minimum atomic E-state index is -0.0870. The highest BCUT2D eigenvalue weighted by atomic mass is 16.5. The van der Waals surface area contributed by atoms with Gasteiger partial charge in [-0.15, -0.1) is 10.2 Å². The lowest BCUT2D eigenvalue weighted by Gasteiger charge is -2.46. The van der Waals surface area contributed by atoms with E-state index < -0.39 is 0 Å². The maximum Gasteiger partial charge on any atom is 0.250 e. The van der Waals surface area contributed by atoms with Gasteiger partial charge in [0.2, 0.25) is 0 Å². The van der Waals surface area contributed by atoms with Gasteiger partial charge in [-0.05, 0) is 66.6 Å². The molecule has 0 amide bonds. The summed E-state index contributed by atoms with van der Waals surface area (Å²) in [6.07, 6.45) is 5.89. The molecule has 8 heteroatoms. The van der Waals surface area contributed by atoms with Crippen LogP contribution in [0, 0.1) is 0 Å². The highest BCUT2D eigenvalue weighted by Gasteiger charge is 2.36. The van der Waals surface area contributed by atoms with Crippen molar-refractivity contribution in [3.05, 3.63) is 58.5 Å². The Morgan fingerprint density at radius 3 is 2.62 bits per heavy atom. The molecule has 8 nitrogen and oxygen atoms in total. The molecule has 3 aliphatic heterocycles. The molecule has 2 bridgehead atoms. The van der Waals surface area contributed by atoms with Gasteiger partial charge in [0.15, 0.2) is 5.82 Å². The molecule has 34 heavy (non-hydrogen) atoms. The van der Waals surface area contributed by atoms with Crippen molar-refractivity contribution in [3.63, 3.8) is 0 Å². The van der Waals surface area contributed by atoms with Crippen LogP contribution in [0.1, 0.15) is 24.8 Å². The Morgan fingerprint density at radius 2 is 1.85 bits per heavy atom. The van der Waals surface area contributed by atoms with Crippen LogP contribution in [0.25, 0.3) is 22.4 Å². The third-order valence-corrected chi connectivity index (χ3v) is 7.34. The number of phenolic OH excluding ortho intramolecular Hbond substituents is 1. The van der Waals surface area contributed by atoms with E-state index in [0.29, 0.717) is 29.4 Å². The van der Waals surface area contributed by atoms with Crippen LogP contribution < -0.4 is 15.8 Å². The van der Waals surface area contributed by atoms with Crippen molar-refractivity contribution in [1.82, 2.24) is 20.1 Å². The summed E-state index contributed by atoms with van der Waals surface area (Å²) in [6, 6.07) is 12.2. The zero-order valence-electron chi connectivity index (χ0n) is 19.3. The Labute approximate surface area is 198 Å². The SMILES string of the molecule is Cn1ccc(-c2ccc(-c3cc4c(nn3)N(C3C[C@H]5COC[C@@H](C3)N5)CCC4)c(O)c2)cc1=O. The van der Waals surface area contributed by atoms with Crippen LogP contribution in [-0.2, 0) is 18.2 Å². The van der Waals surface area contributed by atoms with Crippen LogP contribution in [0.3, 0.4) is 0 Å². The Hall–Kier alpha value is -3.23. The molecule has 3 atom stereocenters. The molecule has 2 fully saturated rings. The molecule has 6 rings (SSSR count). The molecule has 0 saturated carbocycles. The predicted molar refractivity (Wildman–Crippen MR) is 130 cm³/mol. The number of ether oxygens (including phenoxy) is 1. The van der Waals surface area contributed by atoms with E-state index in [1.165, 1.54) is 10.1 Å². The van der Waals surface area contributed by atoms with E-state index >= 15 is 0 Å². The second kappa shape index (κ2) is 8.52. The zero-order chi connectivity index (χ0) is 23.2. The number of aromatic hydroxyl groups is 1. The second-order valence-corrected chi connectivity index (χ2v) is 9.70. The fraction of sp³-hybridized carbons (Fsp3) is 0.423. The number of benzene rings is 1. The molecule has 2 N–H and O–H groups in total. The van der Waals surface area contributed by atoms with Gasteiger partial charge in [-0.3, -0.25) is 4.79 Å². The number of nitrogens with one attached hydrogen (secondary N) is 1. The van der Waals surface area contributed by atoms with Gasteiger partial charge in [-0.25, -0.2) is 0 Å². The number of hydrogen-bond acceptors (Lipinski definition) is 7. The van der Waals surface area contributed by atoms with Crippen molar-refractivity contribution in [2.45, 2.75) is 43.8 Å². The topological polar surface area (TPSA) is 92.5 Å². The number of phenols is 1. The van der Waals surface area contributed by atoms with Crippen LogP contribution in [0.15, 0.2) is 47.4 Å². The van der Waals surface area contributed by atoms with Crippen molar-refractivity contribution in [3.8, 4) is 28.1 Å². The Balaban J connectivity index is 1.28. The number of nitrogens with zero attached hydrogens (tertiary/aromatic N) is 4. The standard InChI is InChI=1S/C26H29N5O3/c1-30-8-6-17(11-25(30)33)16-4-5-22(24(32)10-16)23-9-18-3-2-7-31(26(18)29-28-23)21-12-19-14-34-15-20(13-21)27-19/h4-6,8-11,19-21,27,32H,2-3,7,12-15H2,1H3/t19-,20+,21?. The molecule has 0 spiro atoms. The Morgan fingerprint density at radius 1 is 1.06 bits per heavy atom. The van der Waals surface area contributed by atoms with E-state index in [-0.39, 0.29) is 11.3 Å². The maximum atomic E-state index is 12.0. The first-order valence-electron chi connectivity index (χ1n) is 12.0. The van der Waals surface area contributed by atoms with E-state index in [2.05, 4.69) is 26.5 Å². The van der Waals surface area contributed by atoms with Crippen LogP contribution >= 0.6 is 0 Å². The summed E-state index contributed by atoms with van der Waals surface area (Å²) < 4.78 is 7.24. The molecule has 1 aromatic carbocycles. The average Bonchev–Trinajstić information content (AvgIpc) is 2.84. The molecular weight excluding hydrogens is 430 g/mol. The van der Waals surface area contributed by atoms with Gasteiger partial charge in [-0.1, -0.05) is 6.07 Å². The first-order chi connectivity index (χ1) is 16.5. The zero-order valence-corrected chi connectivity index (χ0v) is 19.3. The van der Waals surface area contributed by atoms with E-state index in [1.54, 1.807) is 25.4 Å². The highest BCUT2D eigenvalue weighted by molar-refractivity contribution is 5.75. The second-order valence-electron chi connectivity index (χ2n) is 9.70. The molecule has 3 aromatic rings. The largest absolute Gasteiger partial charge is 0.507 e. The summed E-state index contributed by atoms with van der Waals surface area (Å²) in [7, 11) is 1.72. The third kappa shape index (κ3) is 3.86. The number of aromatic nitrogens is 3. The molecule has 3 aliphatic rings. The summed E-state index contributed by atoms with van der Waals surface area (Å²) in [5.41, 5.74) is 3.98. The number of aryl methyl sites for hydroxylation is 2. The molecule has 1 unspecified atom stereocenters. The van der Waals surface area contributed by atoms with Gasteiger partial charge in [0.25, 0.3) is 5.56 Å². The molecule has 2 saturated heterocycles. The maximum absolute atomic E-state index is 12.0. The normalized spacial score (nSPS) is 24.0. The number of piperidine rings is 1. The molecule has 2 aromatic heterocycles. The van der Waals surface area contributed by atoms with E-state index in [9.17, 15) is 9.90 Å². The van der Waals surface area contributed by atoms with Crippen LogP contribution in [0.4, 0.5) is 5.82 Å². The number of fused-ring (bicyclic) bond motifs is 3. The number of hydrogen-bond donors (Lipinski definition) is 2. The molecule has 0 aliphatic carbocycles. The van der Waals surface area contributed by atoms with Crippen LogP contribution in [0.2, 0.25) is 0 Å². The van der Waals surface area contributed by atoms with Crippen LogP contribution in [0.5, 0.6) is 5.75 Å². The number of pyridine rings is 1. The summed E-state index contributed by atoms with van der Waals surface area (Å²) in [6.45, 7) is 2.57. The summed E-state index contributed by atoms with van der Waals surface area (Å²) in [5, 5.41) is 23.7. The summed E-state index contributed by atoms with van der Waals surface area (Å²) >= 11 is 0. The van der Waals surface area contributed by atoms with Gasteiger partial charge in [0.05, 0.1) is 18.9 Å². The van der Waals surface area contributed by atoms with Crippen molar-refractivity contribution in [1.29, 1.82) is 0 Å². The molecule has 0 radical (unpaired) electrons. The minimum Gasteiger partial charge on any atom is -0.507 e. The number of rotatable bonds is 3. The smallest absolute Gasteiger partial charge is 0.250 e. The third-order valence-electron chi connectivity index (χ3n) is 7.34. The Bertz CT molecular complexity index is 1280. The van der Waals surface area contributed by atoms with Crippen molar-refractivity contribution >= 4 is 5.82 Å². The van der Waals surface area contributed by atoms with Gasteiger partial charge in [-0.2, -0.15) is 0 Å². The average molecular weight is 460 g/mol. The minimum absolute atomic E-state index is 0.0870. The highest BCUT2D eigenvalue weighted by Crippen LogP contribution is 2.36. The predicted octanol–water partition coefficient (Wildman–Crippen LogP) is 2.49. The lowest BCUT2D eigenvalue weighted by molar-refractivity contribution is 0.0177. The molecule has 5 heterocycles. The van der Waals surface area contributed by atoms with Gasteiger partial charge in [0, 0.05) is 49.5 Å². The molecule has 176 valence electrons. The first-order valence-corrected chi connectivity index (χ1v) is 12.0. The van der Waals surface area contributed by atoms with Crippen molar-refractivity contribution in [2.24, 2.45) is 7.05 Å². The van der Waals surface area contributed by atoms with Gasteiger partial charge < -0.3 is 24.6 Å². The van der Waals surface area contributed by atoms with E-state index in [4.69, 9.17) is 4.74 Å². The van der Waals surface area contributed by atoms with Crippen molar-refractivity contribution < 1.29 is 9.84 Å². The lowest BCUT2D eigenvalue weighted by Crippen LogP contribution is -2.59. The quantitative estimate of drug-likeness (QED) is 0.622. The fourth-order valence-electron chi connectivity index (χ4n) is 5.60. The summed E-state index contributed by atoms with van der Waals surface area (Å²) in [4.78, 5) is 14.4. The monoisotopic (exact) mass is 459 g/mol. The van der Waals surface area contributed by atoms with E-state index in [1.807, 2.05) is 18.2 Å². The van der Waals surface area contributed by atoms with Crippen LogP contribution in [-0.4, -0.2) is 57.8 Å². The fourth-order valence-corrected chi connectivity index (χ4v) is 5.60. The first kappa shape index (κ1) is 21.3. The molecular formula is C26H29N5O3. The Kier molecular flexibility index (Phi) is 5.34. The number of anilines is 1. The number of morpholine rings is 1. The summed E-state index contributed by atoms with van der Waals surface area (Å²) in [5.74, 6) is 1.11. The van der Waals surface area contributed by atoms with Crippen molar-refractivity contribution in [2.75, 3.05) is 24.7 Å². The van der Waals surface area contributed by atoms with E-state index in [0.717, 1.165) is 62.4 Å². The van der Waals surface area contributed by atoms with Gasteiger partial charge in [0.1, 0.15) is 5.75 Å². The lowest BCUT2D eigenvalue weighted by atomic mass is 9.90.